The molecule has 88 valence electrons. The molecule has 1 aromatic carbocycles. The number of carbonyl (C=O) groups excluding carboxylic acids is 1. The van der Waals surface area contributed by atoms with E-state index >= 15 is 0 Å². The highest BCUT2D eigenvalue weighted by Gasteiger charge is 2.22. The van der Waals surface area contributed by atoms with Crippen LogP contribution in [-0.2, 0) is 11.8 Å². The third kappa shape index (κ3) is 1.90. The number of Topliss-reactive ketones (excluding diaryl/α,β-unsaturated/α-hetero) is 1. The zero-order chi connectivity index (χ0) is 12.6. The fourth-order valence-electron chi connectivity index (χ4n) is 1.58. The van der Waals surface area contributed by atoms with Gasteiger partial charge in [-0.15, -0.1) is 0 Å². The minimum Gasteiger partial charge on any atom is -0.480 e. The van der Waals surface area contributed by atoms with Crippen molar-refractivity contribution in [2.75, 3.05) is 0 Å². The Morgan fingerprint density at radius 2 is 2.18 bits per heavy atom. The van der Waals surface area contributed by atoms with Crippen LogP contribution < -0.4 is 5.73 Å². The Morgan fingerprint density at radius 1 is 1.47 bits per heavy atom. The van der Waals surface area contributed by atoms with E-state index in [1.807, 2.05) is 7.05 Å². The van der Waals surface area contributed by atoms with Crippen LogP contribution in [0.2, 0.25) is 0 Å². The maximum atomic E-state index is 11.7. The van der Waals surface area contributed by atoms with E-state index < -0.39 is 17.8 Å². The highest BCUT2D eigenvalue weighted by atomic mass is 16.4. The normalized spacial score (nSPS) is 12.6. The molecule has 0 saturated carbocycles. The van der Waals surface area contributed by atoms with Crippen LogP contribution in [0.25, 0.3) is 11.0 Å². The summed E-state index contributed by atoms with van der Waals surface area (Å²) in [5.74, 6) is -1.96. The van der Waals surface area contributed by atoms with Gasteiger partial charge >= 0.3 is 5.97 Å². The topological polar surface area (TPSA) is 98.2 Å². The van der Waals surface area contributed by atoms with Crippen molar-refractivity contribution < 1.29 is 14.7 Å². The molecule has 0 aliphatic rings. The number of hydrogen-bond acceptors (Lipinski definition) is 4. The molecule has 0 aliphatic carbocycles. The molecule has 17 heavy (non-hydrogen) atoms. The summed E-state index contributed by atoms with van der Waals surface area (Å²) in [6, 6.07) is 3.27. The molecule has 6 heteroatoms. The molecule has 1 aromatic heterocycles. The molecule has 6 nitrogen and oxygen atoms in total. The molecule has 0 amide bonds. The summed E-state index contributed by atoms with van der Waals surface area (Å²) in [6.45, 7) is 0. The Morgan fingerprint density at radius 3 is 2.82 bits per heavy atom. The van der Waals surface area contributed by atoms with Gasteiger partial charge in [-0.25, -0.2) is 4.98 Å². The third-order valence-electron chi connectivity index (χ3n) is 2.56. The van der Waals surface area contributed by atoms with Gasteiger partial charge in [-0.2, -0.15) is 0 Å². The average Bonchev–Trinajstić information content (AvgIpc) is 2.68. The van der Waals surface area contributed by atoms with Crippen LogP contribution >= 0.6 is 0 Å². The first kappa shape index (κ1) is 11.3. The lowest BCUT2D eigenvalue weighted by Gasteiger charge is -2.05. The molecule has 2 aromatic rings. The van der Waals surface area contributed by atoms with Gasteiger partial charge in [-0.1, -0.05) is 0 Å². The van der Waals surface area contributed by atoms with Gasteiger partial charge in [-0.05, 0) is 18.2 Å². The third-order valence-corrected chi connectivity index (χ3v) is 2.56. The average molecular weight is 233 g/mol. The lowest BCUT2D eigenvalue weighted by atomic mass is 10.0. The molecule has 0 spiro atoms. The van der Waals surface area contributed by atoms with Crippen LogP contribution in [0.5, 0.6) is 0 Å². The standard InChI is InChI=1S/C11H11N3O3/c1-14-5-13-7-4-6(2-3-8(7)14)10(15)9(12)11(16)17/h2-5,9H,12H2,1H3,(H,16,17). The summed E-state index contributed by atoms with van der Waals surface area (Å²) in [5, 5.41) is 8.67. The van der Waals surface area contributed by atoms with Gasteiger partial charge in [-0.3, -0.25) is 9.59 Å². The van der Waals surface area contributed by atoms with Crippen LogP contribution in [0.15, 0.2) is 24.5 Å². The number of rotatable bonds is 3. The van der Waals surface area contributed by atoms with Crippen molar-refractivity contribution in [3.8, 4) is 0 Å². The first-order chi connectivity index (χ1) is 8.00. The number of benzene rings is 1. The first-order valence-electron chi connectivity index (χ1n) is 4.94. The number of aryl methyl sites for hydroxylation is 1. The number of fused-ring (bicyclic) bond motifs is 1. The fourth-order valence-corrected chi connectivity index (χ4v) is 1.58. The Bertz CT molecular complexity index is 603. The smallest absolute Gasteiger partial charge is 0.328 e. The second-order valence-electron chi connectivity index (χ2n) is 3.74. The van der Waals surface area contributed by atoms with Crippen molar-refractivity contribution in [2.45, 2.75) is 6.04 Å². The van der Waals surface area contributed by atoms with Crippen molar-refractivity contribution in [1.29, 1.82) is 0 Å². The SMILES string of the molecule is Cn1cnc2cc(C(=O)C(N)C(=O)O)ccc21. The molecule has 2 rings (SSSR count). The number of ketones is 1. The van der Waals surface area contributed by atoms with Crippen LogP contribution in [0.1, 0.15) is 10.4 Å². The molecule has 0 saturated heterocycles. The molecule has 0 radical (unpaired) electrons. The highest BCUT2D eigenvalue weighted by Crippen LogP contribution is 2.14. The predicted molar refractivity (Wildman–Crippen MR) is 60.7 cm³/mol. The minimum atomic E-state index is -1.53. The number of hydrogen-bond donors (Lipinski definition) is 2. The van der Waals surface area contributed by atoms with Gasteiger partial charge in [0.15, 0.2) is 11.8 Å². The molecular formula is C11H11N3O3. The zero-order valence-electron chi connectivity index (χ0n) is 9.12. The lowest BCUT2D eigenvalue weighted by molar-refractivity contribution is -0.137. The monoisotopic (exact) mass is 233 g/mol. The van der Waals surface area contributed by atoms with Crippen LogP contribution in [0.3, 0.4) is 0 Å². The molecule has 0 bridgehead atoms. The number of aromatic nitrogens is 2. The molecule has 0 fully saturated rings. The Labute approximate surface area is 96.7 Å². The van der Waals surface area contributed by atoms with Gasteiger partial charge in [0, 0.05) is 12.6 Å². The van der Waals surface area contributed by atoms with E-state index in [4.69, 9.17) is 10.8 Å². The van der Waals surface area contributed by atoms with Gasteiger partial charge in [0.05, 0.1) is 17.4 Å². The zero-order valence-corrected chi connectivity index (χ0v) is 9.12. The molecule has 3 N–H and O–H groups in total. The predicted octanol–water partition coefficient (Wildman–Crippen LogP) is 0.168. The van der Waals surface area contributed by atoms with Gasteiger partial charge < -0.3 is 15.4 Å². The molecular weight excluding hydrogens is 222 g/mol. The van der Waals surface area contributed by atoms with E-state index in [2.05, 4.69) is 4.98 Å². The maximum absolute atomic E-state index is 11.7. The van der Waals surface area contributed by atoms with Crippen LogP contribution in [-0.4, -0.2) is 32.5 Å². The first-order valence-corrected chi connectivity index (χ1v) is 4.94. The number of imidazole rings is 1. The van der Waals surface area contributed by atoms with E-state index in [1.54, 1.807) is 29.1 Å². The largest absolute Gasteiger partial charge is 0.480 e. The Balaban J connectivity index is 2.43. The molecule has 1 atom stereocenters. The van der Waals surface area contributed by atoms with Crippen molar-refractivity contribution >= 4 is 22.8 Å². The van der Waals surface area contributed by atoms with Gasteiger partial charge in [0.1, 0.15) is 0 Å². The van der Waals surface area contributed by atoms with Gasteiger partial charge in [0.25, 0.3) is 0 Å². The molecule has 0 aliphatic heterocycles. The summed E-state index contributed by atoms with van der Waals surface area (Å²) < 4.78 is 1.81. The van der Waals surface area contributed by atoms with E-state index in [0.29, 0.717) is 5.52 Å². The fraction of sp³-hybridized carbons (Fsp3) is 0.182. The van der Waals surface area contributed by atoms with Crippen molar-refractivity contribution in [2.24, 2.45) is 12.8 Å². The van der Waals surface area contributed by atoms with Crippen molar-refractivity contribution in [3.05, 3.63) is 30.1 Å². The highest BCUT2D eigenvalue weighted by molar-refractivity contribution is 6.12. The van der Waals surface area contributed by atoms with Crippen LogP contribution in [0, 0.1) is 0 Å². The van der Waals surface area contributed by atoms with E-state index in [0.717, 1.165) is 5.52 Å². The summed E-state index contributed by atoms with van der Waals surface area (Å²) in [7, 11) is 1.83. The summed E-state index contributed by atoms with van der Waals surface area (Å²) in [6.07, 6.45) is 1.62. The summed E-state index contributed by atoms with van der Waals surface area (Å²) in [5.41, 5.74) is 7.02. The van der Waals surface area contributed by atoms with Crippen molar-refractivity contribution in [1.82, 2.24) is 9.55 Å². The lowest BCUT2D eigenvalue weighted by Crippen LogP contribution is -2.38. The summed E-state index contributed by atoms with van der Waals surface area (Å²) >= 11 is 0. The maximum Gasteiger partial charge on any atom is 0.328 e. The minimum absolute atomic E-state index is 0.256. The van der Waals surface area contributed by atoms with Gasteiger partial charge in [0.2, 0.25) is 0 Å². The van der Waals surface area contributed by atoms with E-state index in [-0.39, 0.29) is 5.56 Å². The number of carboxylic acids is 1. The molecule has 1 unspecified atom stereocenters. The Hall–Kier alpha value is -2.21. The second-order valence-corrected chi connectivity index (χ2v) is 3.74. The number of carboxylic acid groups (broad SMARTS) is 1. The van der Waals surface area contributed by atoms with Crippen LogP contribution in [0.4, 0.5) is 0 Å². The number of carbonyl (C=O) groups is 2. The Kier molecular flexibility index (Phi) is 2.64. The van der Waals surface area contributed by atoms with E-state index in [9.17, 15) is 9.59 Å². The van der Waals surface area contributed by atoms with Crippen molar-refractivity contribution in [3.63, 3.8) is 0 Å². The second kappa shape index (κ2) is 3.99. The number of aliphatic carboxylic acids is 1. The number of nitrogens with two attached hydrogens (primary N) is 1. The quantitative estimate of drug-likeness (QED) is 0.581. The summed E-state index contributed by atoms with van der Waals surface area (Å²) in [4.78, 5) is 26.4. The number of nitrogens with zero attached hydrogens (tertiary/aromatic N) is 2. The van der Waals surface area contributed by atoms with E-state index in [1.165, 1.54) is 0 Å². The molecule has 1 heterocycles.